The van der Waals surface area contributed by atoms with Gasteiger partial charge in [0.05, 0.1) is 0 Å². The molecule has 5 nitrogen and oxygen atoms in total. The summed E-state index contributed by atoms with van der Waals surface area (Å²) in [5, 5.41) is 5.76. The molecular weight excluding hydrogens is 471 g/mol. The second-order valence-electron chi connectivity index (χ2n) is 8.55. The predicted octanol–water partition coefficient (Wildman–Crippen LogP) is 6.11. The molecule has 0 saturated carbocycles. The number of halogens is 2. The lowest BCUT2D eigenvalue weighted by atomic mass is 10.1. The molecule has 180 valence electrons. The van der Waals surface area contributed by atoms with Crippen LogP contribution in [0.15, 0.2) is 60.7 Å². The Bertz CT molecular complexity index is 1120. The van der Waals surface area contributed by atoms with Gasteiger partial charge in [0.1, 0.15) is 11.8 Å². The van der Waals surface area contributed by atoms with E-state index in [-0.39, 0.29) is 25.0 Å². The Balaban J connectivity index is 1.86. The normalized spacial score (nSPS) is 11.9. The van der Waals surface area contributed by atoms with E-state index in [4.69, 9.17) is 27.9 Å². The van der Waals surface area contributed by atoms with Crippen LogP contribution >= 0.6 is 23.2 Å². The van der Waals surface area contributed by atoms with Crippen molar-refractivity contribution in [1.29, 1.82) is 0 Å². The Morgan fingerprint density at radius 1 is 0.971 bits per heavy atom. The second-order valence-corrected chi connectivity index (χ2v) is 9.37. The zero-order chi connectivity index (χ0) is 24.7. The van der Waals surface area contributed by atoms with E-state index in [1.165, 1.54) is 4.90 Å². The predicted molar refractivity (Wildman–Crippen MR) is 138 cm³/mol. The van der Waals surface area contributed by atoms with Gasteiger partial charge in [-0.25, -0.2) is 0 Å². The fraction of sp³-hybridized carbons (Fsp3) is 0.333. The molecule has 0 aliphatic carbocycles. The number of ether oxygens (including phenoxy) is 1. The Labute approximate surface area is 211 Å². The van der Waals surface area contributed by atoms with Crippen molar-refractivity contribution in [1.82, 2.24) is 10.2 Å². The van der Waals surface area contributed by atoms with Crippen molar-refractivity contribution in [3.63, 3.8) is 0 Å². The summed E-state index contributed by atoms with van der Waals surface area (Å²) in [6.07, 6.45) is 0.437. The number of amides is 2. The number of rotatable bonds is 10. The van der Waals surface area contributed by atoms with Crippen LogP contribution in [0.2, 0.25) is 10.0 Å². The molecule has 7 heteroatoms. The fourth-order valence-corrected chi connectivity index (χ4v) is 4.26. The van der Waals surface area contributed by atoms with Crippen molar-refractivity contribution in [3.05, 3.63) is 76.3 Å². The summed E-state index contributed by atoms with van der Waals surface area (Å²) in [6, 6.07) is 18.0. The molecule has 0 fully saturated rings. The van der Waals surface area contributed by atoms with Crippen LogP contribution in [0, 0.1) is 5.92 Å². The molecule has 3 aromatic rings. The first-order valence-electron chi connectivity index (χ1n) is 11.4. The number of hydrogen-bond acceptors (Lipinski definition) is 3. The van der Waals surface area contributed by atoms with Gasteiger partial charge in [0.15, 0.2) is 6.61 Å². The number of hydrogen-bond donors (Lipinski definition) is 1. The molecule has 0 aliphatic heterocycles. The highest BCUT2D eigenvalue weighted by Crippen LogP contribution is 2.28. The third-order valence-corrected chi connectivity index (χ3v) is 6.27. The monoisotopic (exact) mass is 500 g/mol. The minimum Gasteiger partial charge on any atom is -0.483 e. The number of nitrogens with zero attached hydrogens (tertiary/aromatic N) is 1. The molecule has 2 amide bonds. The SMILES string of the molecule is CCC(C(=O)NCC(C)C)N(Cc1c(Cl)cccc1Cl)C(=O)COc1cccc2ccccc12. The standard InChI is InChI=1S/C27H30Cl2N2O3/c1-4-24(27(33)30-15-18(2)3)31(16-21-22(28)12-8-13-23(21)29)26(32)17-34-25-14-7-10-19-9-5-6-11-20(19)25/h5-14,18,24H,4,15-17H2,1-3H3,(H,30,33). The molecule has 1 unspecified atom stereocenters. The van der Waals surface area contributed by atoms with Crippen LogP contribution in [0.4, 0.5) is 0 Å². The van der Waals surface area contributed by atoms with Crippen molar-refractivity contribution in [3.8, 4) is 5.75 Å². The minimum atomic E-state index is -0.685. The van der Waals surface area contributed by atoms with Crippen molar-refractivity contribution in [2.75, 3.05) is 13.2 Å². The molecule has 3 aromatic carbocycles. The summed E-state index contributed by atoms with van der Waals surface area (Å²) in [5.41, 5.74) is 0.597. The molecule has 0 radical (unpaired) electrons. The van der Waals surface area contributed by atoms with Crippen LogP contribution in [-0.2, 0) is 16.1 Å². The maximum Gasteiger partial charge on any atom is 0.261 e. The third-order valence-electron chi connectivity index (χ3n) is 5.56. The summed E-state index contributed by atoms with van der Waals surface area (Å²) in [6.45, 7) is 6.32. The van der Waals surface area contributed by atoms with Gasteiger partial charge < -0.3 is 15.0 Å². The smallest absolute Gasteiger partial charge is 0.261 e. The quantitative estimate of drug-likeness (QED) is 0.365. The lowest BCUT2D eigenvalue weighted by Gasteiger charge is -2.31. The van der Waals surface area contributed by atoms with Gasteiger partial charge in [-0.05, 0) is 35.9 Å². The fourth-order valence-electron chi connectivity index (χ4n) is 3.74. The topological polar surface area (TPSA) is 58.6 Å². The molecule has 0 bridgehead atoms. The number of nitrogens with one attached hydrogen (secondary N) is 1. The molecule has 0 saturated heterocycles. The van der Waals surface area contributed by atoms with Crippen molar-refractivity contribution in [2.45, 2.75) is 39.8 Å². The molecule has 34 heavy (non-hydrogen) atoms. The maximum atomic E-state index is 13.5. The number of carbonyl (C=O) groups is 2. The molecule has 1 atom stereocenters. The minimum absolute atomic E-state index is 0.101. The van der Waals surface area contributed by atoms with Crippen molar-refractivity contribution < 1.29 is 14.3 Å². The maximum absolute atomic E-state index is 13.5. The first kappa shape index (κ1) is 25.9. The molecule has 0 aromatic heterocycles. The summed E-state index contributed by atoms with van der Waals surface area (Å²) in [5.74, 6) is 0.367. The van der Waals surface area contributed by atoms with Gasteiger partial charge in [-0.1, -0.05) is 86.4 Å². The van der Waals surface area contributed by atoms with E-state index in [0.717, 1.165) is 10.8 Å². The summed E-state index contributed by atoms with van der Waals surface area (Å²) in [4.78, 5) is 28.0. The zero-order valence-electron chi connectivity index (χ0n) is 19.7. The van der Waals surface area contributed by atoms with E-state index >= 15 is 0 Å². The summed E-state index contributed by atoms with van der Waals surface area (Å²) in [7, 11) is 0. The van der Waals surface area contributed by atoms with Gasteiger partial charge in [0.25, 0.3) is 5.91 Å². The molecule has 0 spiro atoms. The van der Waals surface area contributed by atoms with Gasteiger partial charge in [-0.3, -0.25) is 9.59 Å². The molecule has 0 heterocycles. The number of fused-ring (bicyclic) bond motifs is 1. The van der Waals surface area contributed by atoms with E-state index in [1.807, 2.05) is 63.2 Å². The lowest BCUT2D eigenvalue weighted by molar-refractivity contribution is -0.143. The summed E-state index contributed by atoms with van der Waals surface area (Å²) < 4.78 is 5.94. The zero-order valence-corrected chi connectivity index (χ0v) is 21.2. The van der Waals surface area contributed by atoms with Crippen LogP contribution in [0.3, 0.4) is 0 Å². The van der Waals surface area contributed by atoms with Crippen LogP contribution in [0.25, 0.3) is 10.8 Å². The van der Waals surface area contributed by atoms with Gasteiger partial charge in [0, 0.05) is 34.1 Å². The van der Waals surface area contributed by atoms with Crippen LogP contribution in [0.5, 0.6) is 5.75 Å². The average molecular weight is 501 g/mol. The Kier molecular flexibility index (Phi) is 9.20. The van der Waals surface area contributed by atoms with Crippen LogP contribution < -0.4 is 10.1 Å². The third kappa shape index (κ3) is 6.43. The van der Waals surface area contributed by atoms with E-state index in [2.05, 4.69) is 5.32 Å². The second kappa shape index (κ2) is 12.1. The summed E-state index contributed by atoms with van der Waals surface area (Å²) >= 11 is 12.8. The van der Waals surface area contributed by atoms with Crippen molar-refractivity contribution >= 4 is 45.8 Å². The van der Waals surface area contributed by atoms with Gasteiger partial charge in [-0.2, -0.15) is 0 Å². The largest absolute Gasteiger partial charge is 0.483 e. The van der Waals surface area contributed by atoms with Gasteiger partial charge in [0.2, 0.25) is 5.91 Å². The van der Waals surface area contributed by atoms with E-state index in [0.29, 0.717) is 40.2 Å². The highest BCUT2D eigenvalue weighted by Gasteiger charge is 2.30. The van der Waals surface area contributed by atoms with Gasteiger partial charge in [-0.15, -0.1) is 0 Å². The molecule has 0 aliphatic rings. The number of carbonyl (C=O) groups excluding carboxylic acids is 2. The Hall–Kier alpha value is -2.76. The van der Waals surface area contributed by atoms with Crippen molar-refractivity contribution in [2.24, 2.45) is 5.92 Å². The molecular formula is C27H30Cl2N2O3. The highest BCUT2D eigenvalue weighted by molar-refractivity contribution is 6.36. The van der Waals surface area contributed by atoms with Gasteiger partial charge >= 0.3 is 0 Å². The Morgan fingerprint density at radius 3 is 2.29 bits per heavy atom. The van der Waals surface area contributed by atoms with Crippen LogP contribution in [-0.4, -0.2) is 35.9 Å². The van der Waals surface area contributed by atoms with E-state index in [1.54, 1.807) is 18.2 Å². The average Bonchev–Trinajstić information content (AvgIpc) is 2.82. The van der Waals surface area contributed by atoms with E-state index < -0.39 is 6.04 Å². The molecule has 1 N–H and O–H groups in total. The number of benzene rings is 3. The first-order valence-corrected chi connectivity index (χ1v) is 12.2. The molecule has 3 rings (SSSR count). The van der Waals surface area contributed by atoms with Crippen LogP contribution in [0.1, 0.15) is 32.8 Å². The first-order chi connectivity index (χ1) is 16.3. The lowest BCUT2D eigenvalue weighted by Crippen LogP contribution is -2.50. The highest BCUT2D eigenvalue weighted by atomic mass is 35.5. The van der Waals surface area contributed by atoms with E-state index in [9.17, 15) is 9.59 Å². The Morgan fingerprint density at radius 2 is 1.62 bits per heavy atom.